The predicted octanol–water partition coefficient (Wildman–Crippen LogP) is 2.33. The zero-order chi connectivity index (χ0) is 20.5. The van der Waals surface area contributed by atoms with Crippen molar-refractivity contribution in [2.45, 2.75) is 24.2 Å². The molecule has 30 heavy (non-hydrogen) atoms. The third-order valence-electron chi connectivity index (χ3n) is 4.93. The first-order valence-electron chi connectivity index (χ1n) is 9.60. The lowest BCUT2D eigenvalue weighted by atomic mass is 10.2. The van der Waals surface area contributed by atoms with E-state index in [1.807, 2.05) is 48.5 Å². The van der Waals surface area contributed by atoms with Gasteiger partial charge in [-0.3, -0.25) is 4.57 Å². The summed E-state index contributed by atoms with van der Waals surface area (Å²) in [6.07, 6.45) is 0.363. The van der Waals surface area contributed by atoms with E-state index in [2.05, 4.69) is 15.2 Å². The van der Waals surface area contributed by atoms with Crippen molar-refractivity contribution in [3.63, 3.8) is 0 Å². The molecule has 0 bridgehead atoms. The van der Waals surface area contributed by atoms with Crippen molar-refractivity contribution in [3.8, 4) is 11.5 Å². The fourth-order valence-corrected chi connectivity index (χ4v) is 4.26. The number of nitrogens with one attached hydrogen (secondary N) is 1. The summed E-state index contributed by atoms with van der Waals surface area (Å²) in [6, 6.07) is 15.2. The van der Waals surface area contributed by atoms with Crippen LogP contribution in [-0.2, 0) is 6.54 Å². The Morgan fingerprint density at radius 2 is 1.93 bits per heavy atom. The van der Waals surface area contributed by atoms with E-state index in [0.717, 1.165) is 23.2 Å². The maximum absolute atomic E-state index is 12.2. The Labute approximate surface area is 175 Å². The number of hydrogen-bond acceptors (Lipinski definition) is 7. The van der Waals surface area contributed by atoms with Gasteiger partial charge in [0.2, 0.25) is 5.16 Å². The molecule has 0 spiro atoms. The number of aromatic amines is 1. The van der Waals surface area contributed by atoms with Crippen LogP contribution in [0.25, 0.3) is 11.0 Å². The molecule has 3 heterocycles. The van der Waals surface area contributed by atoms with Crippen LogP contribution < -0.4 is 21.0 Å². The Kier molecular flexibility index (Phi) is 4.83. The quantitative estimate of drug-likeness (QED) is 0.277. The van der Waals surface area contributed by atoms with Crippen LogP contribution in [0.1, 0.15) is 18.3 Å². The van der Waals surface area contributed by atoms with Gasteiger partial charge < -0.3 is 20.3 Å². The normalized spacial score (nSPS) is 15.5. The van der Waals surface area contributed by atoms with E-state index in [1.54, 1.807) is 4.57 Å². The molecule has 1 aliphatic rings. The molecule has 0 aliphatic carbocycles. The highest BCUT2D eigenvalue weighted by molar-refractivity contribution is 7.99. The fraction of sp³-hybridized carbons (Fsp3) is 0.250. The molecule has 0 saturated heterocycles. The van der Waals surface area contributed by atoms with E-state index in [1.165, 1.54) is 16.4 Å². The summed E-state index contributed by atoms with van der Waals surface area (Å²) in [6.45, 7) is 0.929. The summed E-state index contributed by atoms with van der Waals surface area (Å²) in [7, 11) is 0. The summed E-state index contributed by atoms with van der Waals surface area (Å²) in [5.74, 6) is 8.83. The third-order valence-corrected chi connectivity index (χ3v) is 5.96. The van der Waals surface area contributed by atoms with Gasteiger partial charge >= 0.3 is 5.69 Å². The minimum atomic E-state index is -0.420. The smallest absolute Gasteiger partial charge is 0.326 e. The first kappa shape index (κ1) is 18.6. The van der Waals surface area contributed by atoms with Gasteiger partial charge in [0.25, 0.3) is 0 Å². The van der Waals surface area contributed by atoms with Crippen molar-refractivity contribution in [3.05, 3.63) is 64.8 Å². The van der Waals surface area contributed by atoms with E-state index in [-0.39, 0.29) is 5.69 Å². The minimum absolute atomic E-state index is 0.0970. The summed E-state index contributed by atoms with van der Waals surface area (Å²) >= 11 is 1.49. The number of nitrogens with two attached hydrogens (primary N) is 1. The summed E-state index contributed by atoms with van der Waals surface area (Å²) < 4.78 is 14.9. The molecule has 0 saturated carbocycles. The lowest BCUT2D eigenvalue weighted by molar-refractivity contribution is 0.0830. The number of H-pyrrole nitrogens is 1. The van der Waals surface area contributed by atoms with Crippen molar-refractivity contribution in [1.29, 1.82) is 0 Å². The van der Waals surface area contributed by atoms with E-state index >= 15 is 0 Å². The standard InChI is InChI=1S/C20H20N6O3S/c21-26-18(17-12-28-15-8-3-4-9-16(15)29-17)23-24-20(26)30-11-5-10-25-14-7-2-1-6-13(14)22-19(25)27/h1-4,6-9,17H,5,10-12,21H2,(H,22,27)/t17-/m1/s1. The van der Waals surface area contributed by atoms with Gasteiger partial charge in [0.15, 0.2) is 23.4 Å². The van der Waals surface area contributed by atoms with E-state index in [0.29, 0.717) is 35.6 Å². The van der Waals surface area contributed by atoms with Crippen LogP contribution in [-0.4, -0.2) is 36.8 Å². The van der Waals surface area contributed by atoms with E-state index in [4.69, 9.17) is 15.3 Å². The first-order valence-corrected chi connectivity index (χ1v) is 10.6. The number of rotatable bonds is 6. The monoisotopic (exact) mass is 424 g/mol. The second-order valence-corrected chi connectivity index (χ2v) is 7.94. The molecule has 2 aromatic heterocycles. The van der Waals surface area contributed by atoms with Crippen molar-refractivity contribution in [1.82, 2.24) is 24.4 Å². The number of thioether (sulfide) groups is 1. The predicted molar refractivity (Wildman–Crippen MR) is 113 cm³/mol. The van der Waals surface area contributed by atoms with Gasteiger partial charge in [0, 0.05) is 12.3 Å². The first-order chi connectivity index (χ1) is 14.7. The Bertz CT molecular complexity index is 1250. The summed E-state index contributed by atoms with van der Waals surface area (Å²) in [5.41, 5.74) is 1.66. The van der Waals surface area contributed by atoms with Gasteiger partial charge in [-0.05, 0) is 30.7 Å². The molecule has 3 N–H and O–H groups in total. The fourth-order valence-electron chi connectivity index (χ4n) is 3.47. The molecule has 0 unspecified atom stereocenters. The maximum Gasteiger partial charge on any atom is 0.326 e. The van der Waals surface area contributed by atoms with Crippen LogP contribution in [0, 0.1) is 0 Å². The van der Waals surface area contributed by atoms with Crippen LogP contribution in [0.4, 0.5) is 0 Å². The number of hydrogen-bond donors (Lipinski definition) is 2. The number of para-hydroxylation sites is 4. The number of fused-ring (bicyclic) bond motifs is 2. The number of aromatic nitrogens is 5. The molecule has 1 atom stereocenters. The average molecular weight is 424 g/mol. The van der Waals surface area contributed by atoms with Gasteiger partial charge in [-0.1, -0.05) is 36.0 Å². The van der Waals surface area contributed by atoms with Gasteiger partial charge in [-0.25, -0.2) is 9.47 Å². The van der Waals surface area contributed by atoms with Crippen LogP contribution in [0.2, 0.25) is 0 Å². The van der Waals surface area contributed by atoms with Gasteiger partial charge in [0.1, 0.15) is 6.61 Å². The average Bonchev–Trinajstić information content (AvgIpc) is 3.30. The molecule has 1 aliphatic heterocycles. The number of nitrogen functional groups attached to an aromatic ring is 1. The van der Waals surface area contributed by atoms with Crippen LogP contribution in [0.15, 0.2) is 58.5 Å². The van der Waals surface area contributed by atoms with Crippen molar-refractivity contribution in [2.75, 3.05) is 18.2 Å². The zero-order valence-corrected chi connectivity index (χ0v) is 16.8. The topological polar surface area (TPSA) is 113 Å². The number of nitrogens with zero attached hydrogens (tertiary/aromatic N) is 4. The summed E-state index contributed by atoms with van der Waals surface area (Å²) in [5, 5.41) is 8.98. The highest BCUT2D eigenvalue weighted by atomic mass is 32.2. The van der Waals surface area contributed by atoms with Crippen LogP contribution in [0.5, 0.6) is 11.5 Å². The van der Waals surface area contributed by atoms with E-state index < -0.39 is 6.10 Å². The second-order valence-electron chi connectivity index (χ2n) is 6.88. The maximum atomic E-state index is 12.2. The van der Waals surface area contributed by atoms with Crippen LogP contribution >= 0.6 is 11.8 Å². The molecule has 9 nitrogen and oxygen atoms in total. The number of benzene rings is 2. The van der Waals surface area contributed by atoms with Crippen molar-refractivity contribution < 1.29 is 9.47 Å². The summed E-state index contributed by atoms with van der Waals surface area (Å²) in [4.78, 5) is 15.0. The molecule has 5 rings (SSSR count). The Morgan fingerprint density at radius 1 is 1.13 bits per heavy atom. The molecule has 0 radical (unpaired) electrons. The molecule has 154 valence electrons. The Balaban J connectivity index is 1.21. The zero-order valence-electron chi connectivity index (χ0n) is 16.0. The van der Waals surface area contributed by atoms with Gasteiger partial charge in [-0.15, -0.1) is 10.2 Å². The largest absolute Gasteiger partial charge is 0.485 e. The molecular weight excluding hydrogens is 404 g/mol. The lowest BCUT2D eigenvalue weighted by Crippen LogP contribution is -2.27. The molecule has 2 aromatic carbocycles. The molecule has 4 aromatic rings. The van der Waals surface area contributed by atoms with Crippen LogP contribution in [0.3, 0.4) is 0 Å². The molecule has 0 fully saturated rings. The third kappa shape index (κ3) is 3.39. The van der Waals surface area contributed by atoms with Gasteiger partial charge in [-0.2, -0.15) is 0 Å². The lowest BCUT2D eigenvalue weighted by Gasteiger charge is -2.25. The number of aryl methyl sites for hydroxylation is 1. The second kappa shape index (κ2) is 7.79. The Hall–Kier alpha value is -3.40. The van der Waals surface area contributed by atoms with E-state index in [9.17, 15) is 4.79 Å². The highest BCUT2D eigenvalue weighted by Crippen LogP contribution is 2.35. The van der Waals surface area contributed by atoms with Gasteiger partial charge in [0.05, 0.1) is 11.0 Å². The molecule has 0 amide bonds. The SMILES string of the molecule is Nn1c(SCCCn2c(=O)[nH]c3ccccc32)nnc1[C@H]1COc2ccccc2O1. The van der Waals surface area contributed by atoms with Crippen molar-refractivity contribution in [2.24, 2.45) is 0 Å². The number of imidazole rings is 1. The van der Waals surface area contributed by atoms with Crippen molar-refractivity contribution >= 4 is 22.8 Å². The highest BCUT2D eigenvalue weighted by Gasteiger charge is 2.27. The number of ether oxygens (including phenoxy) is 2. The minimum Gasteiger partial charge on any atom is -0.485 e. The molecule has 10 heteroatoms. The Morgan fingerprint density at radius 3 is 2.83 bits per heavy atom. The molecular formula is C20H20N6O3S.